The third-order valence-corrected chi connectivity index (χ3v) is 7.87. The van der Waals surface area contributed by atoms with Gasteiger partial charge in [0, 0.05) is 22.5 Å². The van der Waals surface area contributed by atoms with E-state index in [4.69, 9.17) is 30.4 Å². The fraction of sp³-hybridized carbons (Fsp3) is 0.0476. The van der Waals surface area contributed by atoms with Crippen molar-refractivity contribution in [2.45, 2.75) is 13.8 Å². The SMILES string of the molecule is CC(=O)c1ccc(-c2ccc(C(C)=O)c(C(=O)Oc3ccc(Oc4ccc(N)cc4)cc3)c2)cc1C(=O)Oc1ccc(Oc2ccc(N)cc2)cc1. The molecule has 0 bridgehead atoms. The molecule has 0 amide bonds. The van der Waals surface area contributed by atoms with Gasteiger partial charge in [0.1, 0.15) is 34.5 Å². The molecule has 0 saturated carbocycles. The normalized spacial score (nSPS) is 10.6. The average Bonchev–Trinajstić information content (AvgIpc) is 3.14. The highest BCUT2D eigenvalue weighted by Crippen LogP contribution is 2.30. The fourth-order valence-electron chi connectivity index (χ4n) is 5.22. The number of nitrogens with two attached hydrogens (primary N) is 2. The van der Waals surface area contributed by atoms with Crippen LogP contribution in [0.1, 0.15) is 55.3 Å². The average molecular weight is 693 g/mol. The Hall–Kier alpha value is -7.20. The van der Waals surface area contributed by atoms with Crippen molar-refractivity contribution in [3.63, 3.8) is 0 Å². The largest absolute Gasteiger partial charge is 0.457 e. The second kappa shape index (κ2) is 15.1. The molecule has 258 valence electrons. The van der Waals surface area contributed by atoms with Gasteiger partial charge in [0.25, 0.3) is 0 Å². The van der Waals surface area contributed by atoms with E-state index in [1.807, 2.05) is 0 Å². The summed E-state index contributed by atoms with van der Waals surface area (Å²) in [4.78, 5) is 51.9. The van der Waals surface area contributed by atoms with Crippen molar-refractivity contribution in [1.82, 2.24) is 0 Å². The molecule has 0 fully saturated rings. The summed E-state index contributed by atoms with van der Waals surface area (Å²) in [6.45, 7) is 2.70. The van der Waals surface area contributed by atoms with Crippen LogP contribution >= 0.6 is 0 Å². The summed E-state index contributed by atoms with van der Waals surface area (Å²) in [5.74, 6) is 0.462. The molecular weight excluding hydrogens is 660 g/mol. The number of esters is 2. The molecule has 0 aromatic heterocycles. The maximum absolute atomic E-state index is 13.4. The highest BCUT2D eigenvalue weighted by atomic mass is 16.5. The van der Waals surface area contributed by atoms with Crippen molar-refractivity contribution in [3.8, 4) is 45.6 Å². The van der Waals surface area contributed by atoms with Gasteiger partial charge in [0.05, 0.1) is 11.1 Å². The number of carbonyl (C=O) groups excluding carboxylic acids is 4. The first kappa shape index (κ1) is 34.7. The van der Waals surface area contributed by atoms with Gasteiger partial charge in [-0.3, -0.25) is 9.59 Å². The fourth-order valence-corrected chi connectivity index (χ4v) is 5.22. The molecule has 0 spiro atoms. The molecule has 0 radical (unpaired) electrons. The van der Waals surface area contributed by atoms with Crippen molar-refractivity contribution in [1.29, 1.82) is 0 Å². The van der Waals surface area contributed by atoms with Crippen LogP contribution in [-0.2, 0) is 0 Å². The lowest BCUT2D eigenvalue weighted by molar-refractivity contribution is 0.0722. The van der Waals surface area contributed by atoms with Crippen molar-refractivity contribution in [3.05, 3.63) is 156 Å². The quantitative estimate of drug-likeness (QED) is 0.0581. The summed E-state index contributed by atoms with van der Waals surface area (Å²) >= 11 is 0. The first-order valence-corrected chi connectivity index (χ1v) is 16.0. The molecule has 6 aromatic rings. The summed E-state index contributed by atoms with van der Waals surface area (Å²) in [5, 5.41) is 0. The predicted molar refractivity (Wildman–Crippen MR) is 197 cm³/mol. The van der Waals surface area contributed by atoms with Gasteiger partial charge < -0.3 is 30.4 Å². The summed E-state index contributed by atoms with van der Waals surface area (Å²) in [5.41, 5.74) is 14.0. The number of ether oxygens (including phenoxy) is 4. The standard InChI is InChI=1S/C42H32N2O8/c1-25(45)37-21-3-27(23-39(37)41(47)51-35-17-13-33(14-18-35)49-31-9-5-29(43)6-10-31)28-4-22-38(26(2)46)40(24-28)42(48)52-36-19-15-34(16-20-36)50-32-11-7-30(44)8-12-32/h3-24H,43-44H2,1-2H3. The van der Waals surface area contributed by atoms with E-state index in [0.29, 0.717) is 45.5 Å². The summed E-state index contributed by atoms with van der Waals surface area (Å²) < 4.78 is 22.9. The molecule has 6 aromatic carbocycles. The zero-order valence-electron chi connectivity index (χ0n) is 28.1. The molecule has 0 aliphatic carbocycles. The van der Waals surface area contributed by atoms with Crippen LogP contribution in [0.25, 0.3) is 11.1 Å². The van der Waals surface area contributed by atoms with E-state index in [-0.39, 0.29) is 45.3 Å². The number of hydrogen-bond acceptors (Lipinski definition) is 10. The van der Waals surface area contributed by atoms with E-state index < -0.39 is 11.9 Å². The molecule has 0 aliphatic rings. The maximum Gasteiger partial charge on any atom is 0.344 e. The van der Waals surface area contributed by atoms with Crippen LogP contribution in [0, 0.1) is 0 Å². The highest BCUT2D eigenvalue weighted by molar-refractivity contribution is 6.08. The van der Waals surface area contributed by atoms with E-state index in [0.717, 1.165) is 0 Å². The van der Waals surface area contributed by atoms with Crippen molar-refractivity contribution in [2.24, 2.45) is 0 Å². The van der Waals surface area contributed by atoms with E-state index in [1.54, 1.807) is 109 Å². The zero-order chi connectivity index (χ0) is 36.8. The first-order chi connectivity index (χ1) is 25.0. The van der Waals surface area contributed by atoms with Gasteiger partial charge in [-0.05, 0) is 146 Å². The Labute approximate surface area is 299 Å². The molecule has 0 unspecified atom stereocenters. The van der Waals surface area contributed by atoms with Crippen LogP contribution in [0.2, 0.25) is 0 Å². The van der Waals surface area contributed by atoms with Crippen LogP contribution in [0.3, 0.4) is 0 Å². The number of rotatable bonds is 11. The Morgan fingerprint density at radius 2 is 0.673 bits per heavy atom. The number of hydrogen-bond donors (Lipinski definition) is 2. The van der Waals surface area contributed by atoms with Crippen molar-refractivity contribution in [2.75, 3.05) is 11.5 Å². The minimum absolute atomic E-state index is 0.0215. The van der Waals surface area contributed by atoms with Crippen LogP contribution in [0.15, 0.2) is 133 Å². The molecule has 0 saturated heterocycles. The lowest BCUT2D eigenvalue weighted by Crippen LogP contribution is -2.14. The minimum Gasteiger partial charge on any atom is -0.457 e. The molecule has 0 aliphatic heterocycles. The topological polar surface area (TPSA) is 157 Å². The van der Waals surface area contributed by atoms with Crippen LogP contribution in [-0.4, -0.2) is 23.5 Å². The Morgan fingerprint density at radius 1 is 0.385 bits per heavy atom. The smallest absolute Gasteiger partial charge is 0.344 e. The monoisotopic (exact) mass is 692 g/mol. The predicted octanol–water partition coefficient (Wildman–Crippen LogP) is 8.95. The van der Waals surface area contributed by atoms with Crippen LogP contribution in [0.4, 0.5) is 11.4 Å². The number of nitrogen functional groups attached to an aromatic ring is 2. The van der Waals surface area contributed by atoms with Crippen LogP contribution in [0.5, 0.6) is 34.5 Å². The molecule has 0 atom stereocenters. The van der Waals surface area contributed by atoms with Crippen LogP contribution < -0.4 is 30.4 Å². The molecule has 10 nitrogen and oxygen atoms in total. The summed E-state index contributed by atoms with van der Waals surface area (Å²) in [6, 6.07) is 36.0. The molecule has 10 heteroatoms. The van der Waals surface area contributed by atoms with Gasteiger partial charge in [0.15, 0.2) is 11.6 Å². The second-order valence-corrected chi connectivity index (χ2v) is 11.7. The Bertz CT molecular complexity index is 2120. The Balaban J connectivity index is 1.21. The molecule has 52 heavy (non-hydrogen) atoms. The molecular formula is C42H32N2O8. The van der Waals surface area contributed by atoms with E-state index >= 15 is 0 Å². The van der Waals surface area contributed by atoms with Gasteiger partial charge in [-0.1, -0.05) is 12.1 Å². The van der Waals surface area contributed by atoms with Gasteiger partial charge in [-0.25, -0.2) is 9.59 Å². The summed E-state index contributed by atoms with van der Waals surface area (Å²) in [6.07, 6.45) is 0. The minimum atomic E-state index is -0.761. The van der Waals surface area contributed by atoms with Gasteiger partial charge in [-0.15, -0.1) is 0 Å². The molecule has 4 N–H and O–H groups in total. The van der Waals surface area contributed by atoms with Crippen molar-refractivity contribution >= 4 is 34.9 Å². The van der Waals surface area contributed by atoms with E-state index in [9.17, 15) is 19.2 Å². The summed E-state index contributed by atoms with van der Waals surface area (Å²) in [7, 11) is 0. The van der Waals surface area contributed by atoms with Gasteiger partial charge >= 0.3 is 11.9 Å². The number of Topliss-reactive ketones (excluding diaryl/α,β-unsaturated/α-hetero) is 2. The molecule has 6 rings (SSSR count). The van der Waals surface area contributed by atoms with E-state index in [2.05, 4.69) is 0 Å². The number of carbonyl (C=O) groups is 4. The number of anilines is 2. The highest BCUT2D eigenvalue weighted by Gasteiger charge is 2.21. The third-order valence-electron chi connectivity index (χ3n) is 7.87. The first-order valence-electron chi connectivity index (χ1n) is 16.0. The third kappa shape index (κ3) is 8.32. The number of benzene rings is 6. The van der Waals surface area contributed by atoms with Gasteiger partial charge in [0.2, 0.25) is 0 Å². The Kier molecular flexibility index (Phi) is 10.1. The van der Waals surface area contributed by atoms with Gasteiger partial charge in [-0.2, -0.15) is 0 Å². The van der Waals surface area contributed by atoms with E-state index in [1.165, 1.54) is 38.1 Å². The zero-order valence-corrected chi connectivity index (χ0v) is 28.1. The lowest BCUT2D eigenvalue weighted by atomic mass is 9.94. The lowest BCUT2D eigenvalue weighted by Gasteiger charge is -2.13. The maximum atomic E-state index is 13.4. The Morgan fingerprint density at radius 3 is 0.981 bits per heavy atom. The number of ketones is 2. The van der Waals surface area contributed by atoms with Crippen molar-refractivity contribution < 1.29 is 38.1 Å². The molecule has 0 heterocycles. The second-order valence-electron chi connectivity index (χ2n) is 11.7.